The number of nitrogens with two attached hydrogens (primary N) is 1. The highest BCUT2D eigenvalue weighted by Gasteiger charge is 2.16. The van der Waals surface area contributed by atoms with Gasteiger partial charge in [-0.25, -0.2) is 4.98 Å². The molecule has 0 spiro atoms. The predicted molar refractivity (Wildman–Crippen MR) is 71.2 cm³/mol. The van der Waals surface area contributed by atoms with E-state index in [4.69, 9.17) is 5.73 Å². The number of esters is 1. The lowest BCUT2D eigenvalue weighted by Crippen LogP contribution is -2.33. The number of carbonyl (C=O) groups is 1. The molecular weight excluding hydrogens is 248 g/mol. The first kappa shape index (κ1) is 12.7. The lowest BCUT2D eigenvalue weighted by Gasteiger charge is -2.06. The molecule has 0 saturated heterocycles. The second kappa shape index (κ2) is 5.75. The first-order chi connectivity index (χ1) is 8.70. The average molecular weight is 262 g/mol. The van der Waals surface area contributed by atoms with Gasteiger partial charge in [0.2, 0.25) is 0 Å². The van der Waals surface area contributed by atoms with Crippen molar-refractivity contribution < 1.29 is 9.53 Å². The van der Waals surface area contributed by atoms with Crippen molar-refractivity contribution in [1.82, 2.24) is 4.98 Å². The molecule has 18 heavy (non-hydrogen) atoms. The van der Waals surface area contributed by atoms with Crippen LogP contribution in [0.5, 0.6) is 0 Å². The van der Waals surface area contributed by atoms with Crippen LogP contribution in [0.2, 0.25) is 0 Å². The van der Waals surface area contributed by atoms with Gasteiger partial charge in [0.15, 0.2) is 0 Å². The molecule has 0 radical (unpaired) electrons. The number of hydrogen-bond donors (Lipinski definition) is 1. The maximum Gasteiger partial charge on any atom is 0.323 e. The lowest BCUT2D eigenvalue weighted by molar-refractivity contribution is -0.142. The van der Waals surface area contributed by atoms with Gasteiger partial charge in [-0.1, -0.05) is 30.3 Å². The Labute approximate surface area is 109 Å². The van der Waals surface area contributed by atoms with Crippen LogP contribution >= 0.6 is 11.3 Å². The quantitative estimate of drug-likeness (QED) is 0.854. The first-order valence-corrected chi connectivity index (χ1v) is 6.42. The SMILES string of the molecule is COC(=O)[C@H](N)Cc1nc(-c2ccccc2)cs1. The standard InChI is InChI=1S/C13H14N2O2S/c1-17-13(16)10(14)7-12-15-11(8-18-12)9-5-3-2-4-6-9/h2-6,8,10H,7,14H2,1H3/t10-/m1/s1. The van der Waals surface area contributed by atoms with E-state index in [1.165, 1.54) is 18.4 Å². The first-order valence-electron chi connectivity index (χ1n) is 5.54. The average Bonchev–Trinajstić information content (AvgIpc) is 2.87. The van der Waals surface area contributed by atoms with Gasteiger partial charge in [-0.15, -0.1) is 11.3 Å². The number of ether oxygens (including phenoxy) is 1. The number of benzene rings is 1. The van der Waals surface area contributed by atoms with E-state index in [9.17, 15) is 4.79 Å². The molecule has 0 aliphatic heterocycles. The normalized spacial score (nSPS) is 12.1. The highest BCUT2D eigenvalue weighted by Crippen LogP contribution is 2.22. The Balaban J connectivity index is 2.09. The molecule has 1 aromatic heterocycles. The van der Waals surface area contributed by atoms with Crippen molar-refractivity contribution in [2.45, 2.75) is 12.5 Å². The Morgan fingerprint density at radius 1 is 1.44 bits per heavy atom. The zero-order valence-corrected chi connectivity index (χ0v) is 10.8. The van der Waals surface area contributed by atoms with Gasteiger partial charge in [0.05, 0.1) is 17.8 Å². The van der Waals surface area contributed by atoms with Gasteiger partial charge >= 0.3 is 5.97 Å². The Hall–Kier alpha value is -1.72. The van der Waals surface area contributed by atoms with E-state index in [0.29, 0.717) is 6.42 Å². The van der Waals surface area contributed by atoms with Crippen molar-refractivity contribution in [1.29, 1.82) is 0 Å². The summed E-state index contributed by atoms with van der Waals surface area (Å²) in [6, 6.07) is 9.25. The summed E-state index contributed by atoms with van der Waals surface area (Å²) in [4.78, 5) is 15.7. The Morgan fingerprint density at radius 2 is 2.17 bits per heavy atom. The van der Waals surface area contributed by atoms with Gasteiger partial charge in [0.1, 0.15) is 6.04 Å². The molecule has 0 unspecified atom stereocenters. The van der Waals surface area contributed by atoms with E-state index >= 15 is 0 Å². The minimum Gasteiger partial charge on any atom is -0.468 e. The maximum atomic E-state index is 11.2. The summed E-state index contributed by atoms with van der Waals surface area (Å²) in [6.45, 7) is 0. The lowest BCUT2D eigenvalue weighted by atomic mass is 10.2. The number of methoxy groups -OCH3 is 1. The molecule has 0 aliphatic rings. The number of carbonyl (C=O) groups excluding carboxylic acids is 1. The molecule has 2 N–H and O–H groups in total. The van der Waals surface area contributed by atoms with Gasteiger partial charge in [-0.05, 0) is 0 Å². The fourth-order valence-corrected chi connectivity index (χ4v) is 2.43. The summed E-state index contributed by atoms with van der Waals surface area (Å²) in [6.07, 6.45) is 0.407. The molecule has 0 bridgehead atoms. The molecule has 2 aromatic rings. The molecule has 1 heterocycles. The van der Waals surface area contributed by atoms with Gasteiger partial charge in [0, 0.05) is 17.4 Å². The fourth-order valence-electron chi connectivity index (χ4n) is 1.57. The number of aromatic nitrogens is 1. The summed E-state index contributed by atoms with van der Waals surface area (Å²) < 4.78 is 4.59. The predicted octanol–water partition coefficient (Wildman–Crippen LogP) is 1.85. The zero-order chi connectivity index (χ0) is 13.0. The summed E-state index contributed by atoms with van der Waals surface area (Å²) in [5.41, 5.74) is 7.67. The van der Waals surface area contributed by atoms with Crippen LogP contribution in [0.1, 0.15) is 5.01 Å². The molecule has 2 rings (SSSR count). The van der Waals surface area contributed by atoms with E-state index in [1.807, 2.05) is 35.7 Å². The number of nitrogens with zero attached hydrogens (tertiary/aromatic N) is 1. The largest absolute Gasteiger partial charge is 0.468 e. The summed E-state index contributed by atoms with van der Waals surface area (Å²) >= 11 is 1.50. The van der Waals surface area contributed by atoms with E-state index in [-0.39, 0.29) is 0 Å². The van der Waals surface area contributed by atoms with Crippen molar-refractivity contribution in [3.05, 3.63) is 40.7 Å². The zero-order valence-electron chi connectivity index (χ0n) is 10.00. The number of thiazole rings is 1. The molecule has 94 valence electrons. The molecule has 1 aromatic carbocycles. The molecular formula is C13H14N2O2S. The molecule has 0 amide bonds. The van der Waals surface area contributed by atoms with Gasteiger partial charge in [-0.2, -0.15) is 0 Å². The second-order valence-corrected chi connectivity index (χ2v) is 4.77. The van der Waals surface area contributed by atoms with Crippen molar-refractivity contribution in [3.63, 3.8) is 0 Å². The van der Waals surface area contributed by atoms with Crippen LogP contribution in [0.3, 0.4) is 0 Å². The minimum atomic E-state index is -0.648. The van der Waals surface area contributed by atoms with Crippen LogP contribution in [0.4, 0.5) is 0 Å². The van der Waals surface area contributed by atoms with E-state index in [2.05, 4.69) is 9.72 Å². The fraction of sp³-hybridized carbons (Fsp3) is 0.231. The minimum absolute atomic E-state index is 0.407. The third-order valence-corrected chi connectivity index (χ3v) is 3.39. The van der Waals surface area contributed by atoms with Crippen LogP contribution in [-0.2, 0) is 16.0 Å². The van der Waals surface area contributed by atoms with Crippen LogP contribution in [0.15, 0.2) is 35.7 Å². The Bertz CT molecular complexity index is 525. The van der Waals surface area contributed by atoms with E-state index in [0.717, 1.165) is 16.3 Å². The number of hydrogen-bond acceptors (Lipinski definition) is 5. The molecule has 0 aliphatic carbocycles. The van der Waals surface area contributed by atoms with Crippen LogP contribution in [0.25, 0.3) is 11.3 Å². The Kier molecular flexibility index (Phi) is 4.07. The summed E-state index contributed by atoms with van der Waals surface area (Å²) in [5, 5.41) is 2.81. The highest BCUT2D eigenvalue weighted by molar-refractivity contribution is 7.10. The van der Waals surface area contributed by atoms with E-state index < -0.39 is 12.0 Å². The topological polar surface area (TPSA) is 65.2 Å². The molecule has 0 saturated carbocycles. The van der Waals surface area contributed by atoms with E-state index in [1.54, 1.807) is 0 Å². The summed E-state index contributed by atoms with van der Waals surface area (Å²) in [5.74, 6) is -0.411. The smallest absolute Gasteiger partial charge is 0.323 e. The number of rotatable bonds is 4. The molecule has 1 atom stereocenters. The third kappa shape index (κ3) is 2.94. The van der Waals surface area contributed by atoms with Gasteiger partial charge in [0.25, 0.3) is 0 Å². The monoisotopic (exact) mass is 262 g/mol. The van der Waals surface area contributed by atoms with Crippen LogP contribution in [0, 0.1) is 0 Å². The summed E-state index contributed by atoms with van der Waals surface area (Å²) in [7, 11) is 1.33. The van der Waals surface area contributed by atoms with Gasteiger partial charge in [-0.3, -0.25) is 4.79 Å². The third-order valence-electron chi connectivity index (χ3n) is 2.52. The molecule has 0 fully saturated rings. The second-order valence-electron chi connectivity index (χ2n) is 3.83. The Morgan fingerprint density at radius 3 is 2.83 bits per heavy atom. The molecule has 5 heteroatoms. The van der Waals surface area contributed by atoms with Crippen LogP contribution in [-0.4, -0.2) is 24.1 Å². The van der Waals surface area contributed by atoms with Crippen molar-refractivity contribution in [3.8, 4) is 11.3 Å². The van der Waals surface area contributed by atoms with Crippen molar-refractivity contribution >= 4 is 17.3 Å². The highest BCUT2D eigenvalue weighted by atomic mass is 32.1. The van der Waals surface area contributed by atoms with Gasteiger partial charge < -0.3 is 10.5 Å². The van der Waals surface area contributed by atoms with Crippen molar-refractivity contribution in [2.75, 3.05) is 7.11 Å². The maximum absolute atomic E-state index is 11.2. The van der Waals surface area contributed by atoms with Crippen LogP contribution < -0.4 is 5.73 Å². The molecule has 4 nitrogen and oxygen atoms in total. The van der Waals surface area contributed by atoms with Crippen molar-refractivity contribution in [2.24, 2.45) is 5.73 Å².